The van der Waals surface area contributed by atoms with Gasteiger partial charge < -0.3 is 10.9 Å². The van der Waals surface area contributed by atoms with E-state index in [0.717, 1.165) is 38.0 Å². The van der Waals surface area contributed by atoms with Crippen LogP contribution in [0.4, 0.5) is 0 Å². The highest BCUT2D eigenvalue weighted by Crippen LogP contribution is 2.24. The highest BCUT2D eigenvalue weighted by molar-refractivity contribution is 6.42. The highest BCUT2D eigenvalue weighted by atomic mass is 35.5. The number of amidine groups is 1. The molecule has 3 N–H and O–H groups in total. The highest BCUT2D eigenvalue weighted by Gasteiger charge is 2.22. The number of benzene rings is 1. The Balaban J connectivity index is 1.90. The van der Waals surface area contributed by atoms with Crippen molar-refractivity contribution >= 4 is 29.0 Å². The van der Waals surface area contributed by atoms with Crippen LogP contribution in [0.5, 0.6) is 0 Å². The van der Waals surface area contributed by atoms with Crippen molar-refractivity contribution < 1.29 is 5.21 Å². The average Bonchev–Trinajstić information content (AvgIpc) is 2.43. The summed E-state index contributed by atoms with van der Waals surface area (Å²) < 4.78 is 0. The first-order valence-electron chi connectivity index (χ1n) is 6.24. The second-order valence-corrected chi connectivity index (χ2v) is 5.64. The summed E-state index contributed by atoms with van der Waals surface area (Å²) in [5, 5.41) is 12.9. The van der Waals surface area contributed by atoms with Crippen molar-refractivity contribution in [2.45, 2.75) is 19.4 Å². The summed E-state index contributed by atoms with van der Waals surface area (Å²) in [6.45, 7) is 2.71. The number of piperidine rings is 1. The summed E-state index contributed by atoms with van der Waals surface area (Å²) in [7, 11) is 0. The lowest BCUT2D eigenvalue weighted by Gasteiger charge is -2.31. The van der Waals surface area contributed by atoms with Crippen LogP contribution in [0.25, 0.3) is 0 Å². The van der Waals surface area contributed by atoms with Crippen molar-refractivity contribution in [2.75, 3.05) is 13.1 Å². The van der Waals surface area contributed by atoms with Gasteiger partial charge in [-0.2, -0.15) is 0 Å². The van der Waals surface area contributed by atoms with Gasteiger partial charge in [-0.3, -0.25) is 4.90 Å². The molecule has 1 fully saturated rings. The summed E-state index contributed by atoms with van der Waals surface area (Å²) in [5.74, 6) is 0.532. The SMILES string of the molecule is NC(=NO)C1CCN(Cc2ccc(Cl)c(Cl)c2)CC1. The van der Waals surface area contributed by atoms with Gasteiger partial charge in [0.15, 0.2) is 0 Å². The van der Waals surface area contributed by atoms with Crippen LogP contribution in [0.1, 0.15) is 18.4 Å². The summed E-state index contributed by atoms with van der Waals surface area (Å²) in [4.78, 5) is 2.33. The molecule has 0 aliphatic carbocycles. The zero-order valence-corrected chi connectivity index (χ0v) is 12.0. The molecule has 0 unspecified atom stereocenters. The molecule has 0 atom stereocenters. The van der Waals surface area contributed by atoms with E-state index in [1.165, 1.54) is 0 Å². The van der Waals surface area contributed by atoms with Crippen molar-refractivity contribution in [3.8, 4) is 0 Å². The van der Waals surface area contributed by atoms with Crippen LogP contribution < -0.4 is 5.73 Å². The fraction of sp³-hybridized carbons (Fsp3) is 0.462. The van der Waals surface area contributed by atoms with E-state index in [-0.39, 0.29) is 5.92 Å². The van der Waals surface area contributed by atoms with Crippen LogP contribution in [0.15, 0.2) is 23.4 Å². The normalized spacial score (nSPS) is 18.7. The van der Waals surface area contributed by atoms with Gasteiger partial charge in [-0.25, -0.2) is 0 Å². The van der Waals surface area contributed by atoms with Gasteiger partial charge in [-0.15, -0.1) is 0 Å². The summed E-state index contributed by atoms with van der Waals surface area (Å²) in [5.41, 5.74) is 6.78. The van der Waals surface area contributed by atoms with Crippen molar-refractivity contribution in [1.29, 1.82) is 0 Å². The number of rotatable bonds is 3. The molecule has 6 heteroatoms. The Hall–Kier alpha value is -0.970. The lowest BCUT2D eigenvalue weighted by Crippen LogP contribution is -2.38. The molecule has 1 heterocycles. The number of nitrogens with two attached hydrogens (primary N) is 1. The standard InChI is InChI=1S/C13H17Cl2N3O/c14-11-2-1-9(7-12(11)15)8-18-5-3-10(4-6-18)13(16)17-19/h1-2,7,10,19H,3-6,8H2,(H2,16,17). The monoisotopic (exact) mass is 301 g/mol. The van der Waals surface area contributed by atoms with E-state index in [9.17, 15) is 0 Å². The van der Waals surface area contributed by atoms with Crippen LogP contribution in [0.3, 0.4) is 0 Å². The first kappa shape index (κ1) is 14.4. The number of likely N-dealkylation sites (tertiary alicyclic amines) is 1. The van der Waals surface area contributed by atoms with Crippen LogP contribution in [-0.4, -0.2) is 29.0 Å². The van der Waals surface area contributed by atoms with Gasteiger partial charge in [-0.05, 0) is 43.6 Å². The molecular weight excluding hydrogens is 285 g/mol. The molecule has 0 spiro atoms. The maximum atomic E-state index is 8.67. The van der Waals surface area contributed by atoms with Gasteiger partial charge in [0.25, 0.3) is 0 Å². The van der Waals surface area contributed by atoms with Crippen molar-refractivity contribution in [3.05, 3.63) is 33.8 Å². The molecule has 0 amide bonds. The largest absolute Gasteiger partial charge is 0.409 e. The van der Waals surface area contributed by atoms with E-state index in [4.69, 9.17) is 34.1 Å². The Bertz CT molecular complexity index is 471. The molecule has 0 aromatic heterocycles. The first-order chi connectivity index (χ1) is 9.10. The third-order valence-corrected chi connectivity index (χ3v) is 4.25. The second-order valence-electron chi connectivity index (χ2n) is 4.82. The minimum absolute atomic E-state index is 0.190. The Morgan fingerprint density at radius 2 is 2.00 bits per heavy atom. The molecule has 0 saturated carbocycles. The Labute approximate surface area is 122 Å². The molecular formula is C13H17Cl2N3O. The Morgan fingerprint density at radius 3 is 2.58 bits per heavy atom. The lowest BCUT2D eigenvalue weighted by molar-refractivity contribution is 0.198. The molecule has 2 rings (SSSR count). The van der Waals surface area contributed by atoms with Crippen LogP contribution in [0.2, 0.25) is 10.0 Å². The van der Waals surface area contributed by atoms with Crippen LogP contribution in [0, 0.1) is 5.92 Å². The molecule has 19 heavy (non-hydrogen) atoms. The van der Waals surface area contributed by atoms with E-state index < -0.39 is 0 Å². The van der Waals surface area contributed by atoms with Crippen LogP contribution >= 0.6 is 23.2 Å². The fourth-order valence-electron chi connectivity index (χ4n) is 2.36. The zero-order valence-electron chi connectivity index (χ0n) is 10.5. The summed E-state index contributed by atoms with van der Waals surface area (Å²) in [6, 6.07) is 5.71. The Morgan fingerprint density at radius 1 is 1.32 bits per heavy atom. The van der Waals surface area contributed by atoms with E-state index in [2.05, 4.69) is 10.1 Å². The third kappa shape index (κ3) is 3.75. The van der Waals surface area contributed by atoms with E-state index in [0.29, 0.717) is 15.9 Å². The smallest absolute Gasteiger partial charge is 0.142 e. The molecule has 1 saturated heterocycles. The van der Waals surface area contributed by atoms with Gasteiger partial charge in [0.2, 0.25) is 0 Å². The number of hydrogen-bond acceptors (Lipinski definition) is 3. The fourth-order valence-corrected chi connectivity index (χ4v) is 2.69. The predicted molar refractivity (Wildman–Crippen MR) is 77.9 cm³/mol. The number of nitrogens with zero attached hydrogens (tertiary/aromatic N) is 2. The molecule has 104 valence electrons. The Kier molecular flexibility index (Phi) is 4.91. The number of halogens is 2. The van der Waals surface area contributed by atoms with Gasteiger partial charge in [-0.1, -0.05) is 34.4 Å². The maximum Gasteiger partial charge on any atom is 0.142 e. The van der Waals surface area contributed by atoms with E-state index >= 15 is 0 Å². The van der Waals surface area contributed by atoms with E-state index in [1.54, 1.807) is 0 Å². The van der Waals surface area contributed by atoms with Crippen molar-refractivity contribution in [1.82, 2.24) is 4.90 Å². The van der Waals surface area contributed by atoms with Gasteiger partial charge in [0.1, 0.15) is 5.84 Å². The van der Waals surface area contributed by atoms with Gasteiger partial charge in [0, 0.05) is 12.5 Å². The van der Waals surface area contributed by atoms with Crippen LogP contribution in [-0.2, 0) is 6.54 Å². The molecule has 0 radical (unpaired) electrons. The average molecular weight is 302 g/mol. The topological polar surface area (TPSA) is 61.9 Å². The molecule has 1 aromatic rings. The second kappa shape index (κ2) is 6.46. The predicted octanol–water partition coefficient (Wildman–Crippen LogP) is 2.95. The lowest BCUT2D eigenvalue weighted by atomic mass is 9.95. The molecule has 1 aliphatic rings. The van der Waals surface area contributed by atoms with Gasteiger partial charge >= 0.3 is 0 Å². The summed E-state index contributed by atoms with van der Waals surface area (Å²) in [6.07, 6.45) is 1.83. The zero-order chi connectivity index (χ0) is 13.8. The molecule has 1 aromatic carbocycles. The minimum atomic E-state index is 0.190. The number of hydrogen-bond donors (Lipinski definition) is 2. The summed E-state index contributed by atoms with van der Waals surface area (Å²) >= 11 is 11.9. The minimum Gasteiger partial charge on any atom is -0.409 e. The molecule has 1 aliphatic heterocycles. The van der Waals surface area contributed by atoms with Gasteiger partial charge in [0.05, 0.1) is 10.0 Å². The number of oxime groups is 1. The maximum absolute atomic E-state index is 8.67. The van der Waals surface area contributed by atoms with Crippen molar-refractivity contribution in [3.63, 3.8) is 0 Å². The molecule has 4 nitrogen and oxygen atoms in total. The van der Waals surface area contributed by atoms with Crippen molar-refractivity contribution in [2.24, 2.45) is 16.8 Å². The quantitative estimate of drug-likeness (QED) is 0.390. The third-order valence-electron chi connectivity index (χ3n) is 3.51. The molecule has 0 bridgehead atoms. The first-order valence-corrected chi connectivity index (χ1v) is 6.99. The van der Waals surface area contributed by atoms with E-state index in [1.807, 2.05) is 18.2 Å².